The normalized spacial score (nSPS) is 24.1. The van der Waals surface area contributed by atoms with Gasteiger partial charge in [0, 0.05) is 26.7 Å². The molecule has 6 heteroatoms. The van der Waals surface area contributed by atoms with E-state index in [2.05, 4.69) is 0 Å². The van der Waals surface area contributed by atoms with Crippen molar-refractivity contribution in [3.05, 3.63) is 35.4 Å². The standard InChI is InChI=1S/C15H24N2O3S/c1-15(20-2)8-5-9-17(12-15)21(18,19)11-14-7-4-3-6-13(14)10-16/h3-4,6-7H,5,8-12,16H2,1-2H3. The molecule has 2 N–H and O–H groups in total. The van der Waals surface area contributed by atoms with Crippen LogP contribution in [-0.2, 0) is 27.1 Å². The Bertz CT molecular complexity index is 588. The van der Waals surface area contributed by atoms with E-state index in [1.54, 1.807) is 11.4 Å². The van der Waals surface area contributed by atoms with Crippen LogP contribution in [0.3, 0.4) is 0 Å². The van der Waals surface area contributed by atoms with Crippen LogP contribution in [0.25, 0.3) is 0 Å². The van der Waals surface area contributed by atoms with Gasteiger partial charge in [0.2, 0.25) is 10.0 Å². The molecule has 2 rings (SSSR count). The van der Waals surface area contributed by atoms with E-state index < -0.39 is 15.6 Å². The first-order chi connectivity index (χ1) is 9.90. The van der Waals surface area contributed by atoms with E-state index in [4.69, 9.17) is 10.5 Å². The van der Waals surface area contributed by atoms with Crippen molar-refractivity contribution in [2.75, 3.05) is 20.2 Å². The van der Waals surface area contributed by atoms with Gasteiger partial charge in [0.25, 0.3) is 0 Å². The molecule has 118 valence electrons. The maximum absolute atomic E-state index is 12.7. The number of ether oxygens (including phenoxy) is 1. The fourth-order valence-corrected chi connectivity index (χ4v) is 4.48. The summed E-state index contributed by atoms with van der Waals surface area (Å²) in [4.78, 5) is 0. The second-order valence-corrected chi connectivity index (χ2v) is 7.79. The lowest BCUT2D eigenvalue weighted by Gasteiger charge is -2.38. The van der Waals surface area contributed by atoms with Crippen LogP contribution in [0, 0.1) is 0 Å². The first-order valence-electron chi connectivity index (χ1n) is 7.20. The quantitative estimate of drug-likeness (QED) is 0.894. The van der Waals surface area contributed by atoms with E-state index in [0.717, 1.165) is 24.0 Å². The molecule has 1 saturated heterocycles. The van der Waals surface area contributed by atoms with Crippen LogP contribution in [-0.4, -0.2) is 38.5 Å². The predicted molar refractivity (Wildman–Crippen MR) is 83.2 cm³/mol. The summed E-state index contributed by atoms with van der Waals surface area (Å²) >= 11 is 0. The van der Waals surface area contributed by atoms with E-state index in [9.17, 15) is 8.42 Å². The minimum absolute atomic E-state index is 0.000166. The van der Waals surface area contributed by atoms with Gasteiger partial charge in [-0.3, -0.25) is 0 Å². The summed E-state index contributed by atoms with van der Waals surface area (Å²) in [5.74, 6) is 0.000166. The Morgan fingerprint density at radius 2 is 2.00 bits per heavy atom. The molecule has 5 nitrogen and oxygen atoms in total. The zero-order valence-corrected chi connectivity index (χ0v) is 13.5. The molecule has 0 saturated carbocycles. The van der Waals surface area contributed by atoms with Gasteiger partial charge in [-0.2, -0.15) is 4.31 Å². The van der Waals surface area contributed by atoms with Crippen LogP contribution in [0.2, 0.25) is 0 Å². The van der Waals surface area contributed by atoms with E-state index in [-0.39, 0.29) is 5.75 Å². The lowest BCUT2D eigenvalue weighted by Crippen LogP contribution is -2.49. The van der Waals surface area contributed by atoms with Crippen molar-refractivity contribution in [1.29, 1.82) is 0 Å². The average Bonchev–Trinajstić information content (AvgIpc) is 2.47. The molecule has 0 bridgehead atoms. The number of benzene rings is 1. The Morgan fingerprint density at radius 3 is 2.62 bits per heavy atom. The molecule has 1 fully saturated rings. The highest BCUT2D eigenvalue weighted by Gasteiger charge is 2.36. The van der Waals surface area contributed by atoms with Gasteiger partial charge in [0.1, 0.15) is 0 Å². The van der Waals surface area contributed by atoms with Crippen molar-refractivity contribution in [1.82, 2.24) is 4.31 Å². The van der Waals surface area contributed by atoms with Gasteiger partial charge >= 0.3 is 0 Å². The predicted octanol–water partition coefficient (Wildman–Crippen LogP) is 1.48. The fraction of sp³-hybridized carbons (Fsp3) is 0.600. The van der Waals surface area contributed by atoms with Crippen LogP contribution in [0.15, 0.2) is 24.3 Å². The monoisotopic (exact) mass is 312 g/mol. The first-order valence-corrected chi connectivity index (χ1v) is 8.81. The summed E-state index contributed by atoms with van der Waals surface area (Å²) in [5, 5.41) is 0. The molecular formula is C15H24N2O3S. The Kier molecular flexibility index (Phi) is 5.03. The maximum atomic E-state index is 12.7. The van der Waals surface area contributed by atoms with Gasteiger partial charge in [-0.15, -0.1) is 0 Å². The largest absolute Gasteiger partial charge is 0.377 e. The molecule has 1 heterocycles. The number of nitrogens with zero attached hydrogens (tertiary/aromatic N) is 1. The molecule has 21 heavy (non-hydrogen) atoms. The molecule has 0 aromatic heterocycles. The van der Waals surface area contributed by atoms with Crippen LogP contribution in [0.4, 0.5) is 0 Å². The van der Waals surface area contributed by atoms with Crippen LogP contribution < -0.4 is 5.73 Å². The minimum Gasteiger partial charge on any atom is -0.377 e. The topological polar surface area (TPSA) is 72.6 Å². The zero-order valence-electron chi connectivity index (χ0n) is 12.7. The molecule has 0 amide bonds. The third-order valence-electron chi connectivity index (χ3n) is 4.19. The second-order valence-electron chi connectivity index (χ2n) is 5.82. The first kappa shape index (κ1) is 16.4. The van der Waals surface area contributed by atoms with Crippen molar-refractivity contribution in [2.45, 2.75) is 37.7 Å². The highest BCUT2D eigenvalue weighted by Crippen LogP contribution is 2.27. The molecule has 0 radical (unpaired) electrons. The van der Waals surface area contributed by atoms with Gasteiger partial charge in [-0.25, -0.2) is 8.42 Å². The fourth-order valence-electron chi connectivity index (χ4n) is 2.75. The summed E-state index contributed by atoms with van der Waals surface area (Å²) in [6, 6.07) is 7.43. The maximum Gasteiger partial charge on any atom is 0.218 e. The SMILES string of the molecule is COC1(C)CCCN(S(=O)(=O)Cc2ccccc2CN)C1. The zero-order chi connectivity index (χ0) is 15.5. The lowest BCUT2D eigenvalue weighted by molar-refractivity contribution is -0.0319. The molecule has 0 spiro atoms. The van der Waals surface area contributed by atoms with Crippen molar-refractivity contribution in [2.24, 2.45) is 5.73 Å². The van der Waals surface area contributed by atoms with Crippen LogP contribution >= 0.6 is 0 Å². The van der Waals surface area contributed by atoms with Crippen LogP contribution in [0.1, 0.15) is 30.9 Å². The number of piperidine rings is 1. The van der Waals surface area contributed by atoms with Gasteiger partial charge in [0.05, 0.1) is 11.4 Å². The number of rotatable bonds is 5. The minimum atomic E-state index is -3.35. The van der Waals surface area contributed by atoms with Crippen molar-refractivity contribution < 1.29 is 13.2 Å². The number of hydrogen-bond acceptors (Lipinski definition) is 4. The molecule has 1 aliphatic rings. The molecule has 1 aliphatic heterocycles. The van der Waals surface area contributed by atoms with Gasteiger partial charge in [0.15, 0.2) is 0 Å². The summed E-state index contributed by atoms with van der Waals surface area (Å²) < 4.78 is 32.3. The summed E-state index contributed by atoms with van der Waals surface area (Å²) in [6.07, 6.45) is 1.71. The van der Waals surface area contributed by atoms with Crippen LogP contribution in [0.5, 0.6) is 0 Å². The number of hydrogen-bond donors (Lipinski definition) is 1. The third-order valence-corrected chi connectivity index (χ3v) is 5.96. The molecule has 1 aromatic carbocycles. The highest BCUT2D eigenvalue weighted by atomic mass is 32.2. The van der Waals surface area contributed by atoms with Crippen molar-refractivity contribution >= 4 is 10.0 Å². The summed E-state index contributed by atoms with van der Waals surface area (Å²) in [6.45, 7) is 3.28. The molecule has 1 atom stereocenters. The molecule has 1 unspecified atom stereocenters. The van der Waals surface area contributed by atoms with Gasteiger partial charge in [-0.05, 0) is 30.9 Å². The molecule has 0 aliphatic carbocycles. The third kappa shape index (κ3) is 3.83. The van der Waals surface area contributed by atoms with E-state index in [1.807, 2.05) is 31.2 Å². The number of sulfonamides is 1. The molecular weight excluding hydrogens is 288 g/mol. The highest BCUT2D eigenvalue weighted by molar-refractivity contribution is 7.88. The average molecular weight is 312 g/mol. The second kappa shape index (κ2) is 6.44. The van der Waals surface area contributed by atoms with Crippen molar-refractivity contribution in [3.8, 4) is 0 Å². The van der Waals surface area contributed by atoms with Gasteiger partial charge < -0.3 is 10.5 Å². The summed E-state index contributed by atoms with van der Waals surface area (Å²) in [7, 11) is -1.71. The van der Waals surface area contributed by atoms with E-state index in [1.165, 1.54) is 0 Å². The Balaban J connectivity index is 2.18. The summed E-state index contributed by atoms with van der Waals surface area (Å²) in [5.41, 5.74) is 6.96. The lowest BCUT2D eigenvalue weighted by atomic mass is 9.96. The van der Waals surface area contributed by atoms with Crippen molar-refractivity contribution in [3.63, 3.8) is 0 Å². The Hall–Kier alpha value is -0.950. The van der Waals surface area contributed by atoms with Gasteiger partial charge in [-0.1, -0.05) is 24.3 Å². The number of nitrogens with two attached hydrogens (primary N) is 1. The molecule has 1 aromatic rings. The Morgan fingerprint density at radius 1 is 1.33 bits per heavy atom. The van der Waals surface area contributed by atoms with E-state index >= 15 is 0 Å². The number of methoxy groups -OCH3 is 1. The smallest absolute Gasteiger partial charge is 0.218 e. The Labute approximate surface area is 127 Å². The van der Waals surface area contributed by atoms with E-state index in [0.29, 0.717) is 19.6 Å².